The van der Waals surface area contributed by atoms with Crippen LogP contribution in [0.2, 0.25) is 0 Å². The van der Waals surface area contributed by atoms with E-state index in [1.165, 1.54) is 0 Å². The van der Waals surface area contributed by atoms with Gasteiger partial charge in [-0.05, 0) is 32.4 Å². The lowest BCUT2D eigenvalue weighted by molar-refractivity contribution is -0.146. The van der Waals surface area contributed by atoms with Crippen molar-refractivity contribution in [1.29, 1.82) is 0 Å². The molecule has 2 aromatic rings. The summed E-state index contributed by atoms with van der Waals surface area (Å²) in [5.41, 5.74) is 1.22. The highest BCUT2D eigenvalue weighted by molar-refractivity contribution is 5.77. The molecule has 0 radical (unpaired) electrons. The number of aryl methyl sites for hydroxylation is 1. The molecule has 1 heterocycles. The number of fused-ring (bicyclic) bond motifs is 1. The number of carbonyl (C=O) groups is 1. The molecule has 4 nitrogen and oxygen atoms in total. The van der Waals surface area contributed by atoms with Crippen LogP contribution in [0, 0.1) is 5.41 Å². The summed E-state index contributed by atoms with van der Waals surface area (Å²) in [6, 6.07) is 7.95. The van der Waals surface area contributed by atoms with E-state index in [0.717, 1.165) is 29.8 Å². The molecule has 0 saturated carbocycles. The fraction of sp³-hybridized carbons (Fsp3) is 0.467. The van der Waals surface area contributed by atoms with Crippen LogP contribution in [0.5, 0.6) is 0 Å². The molecule has 102 valence electrons. The zero-order valence-electron chi connectivity index (χ0n) is 11.7. The van der Waals surface area contributed by atoms with Crippen molar-refractivity contribution in [2.75, 3.05) is 0 Å². The maximum Gasteiger partial charge on any atom is 0.309 e. The predicted octanol–water partition coefficient (Wildman–Crippen LogP) is 3.10. The van der Waals surface area contributed by atoms with Crippen LogP contribution >= 0.6 is 0 Å². The molecule has 0 aliphatic heterocycles. The van der Waals surface area contributed by atoms with Crippen molar-refractivity contribution in [3.8, 4) is 0 Å². The van der Waals surface area contributed by atoms with Gasteiger partial charge in [0.15, 0.2) is 0 Å². The lowest BCUT2D eigenvalue weighted by Gasteiger charge is -2.19. The number of imidazole rings is 1. The third-order valence-electron chi connectivity index (χ3n) is 3.36. The van der Waals surface area contributed by atoms with E-state index in [-0.39, 0.29) is 0 Å². The number of hydrogen-bond acceptors (Lipinski definition) is 2. The molecule has 0 aliphatic carbocycles. The van der Waals surface area contributed by atoms with Crippen LogP contribution in [0.25, 0.3) is 11.0 Å². The molecule has 0 bridgehead atoms. The number of rotatable bonds is 5. The fourth-order valence-corrected chi connectivity index (χ4v) is 2.20. The molecule has 0 saturated heterocycles. The smallest absolute Gasteiger partial charge is 0.309 e. The first-order chi connectivity index (χ1) is 8.95. The normalized spacial score (nSPS) is 11.9. The second-order valence-electron chi connectivity index (χ2n) is 5.53. The third-order valence-corrected chi connectivity index (χ3v) is 3.36. The summed E-state index contributed by atoms with van der Waals surface area (Å²) >= 11 is 0. The highest BCUT2D eigenvalue weighted by Gasteiger charge is 2.29. The Hall–Kier alpha value is -1.84. The van der Waals surface area contributed by atoms with E-state index >= 15 is 0 Å². The number of para-hydroxylation sites is 2. The van der Waals surface area contributed by atoms with E-state index in [2.05, 4.69) is 16.5 Å². The van der Waals surface area contributed by atoms with Crippen LogP contribution < -0.4 is 0 Å². The average Bonchev–Trinajstić information content (AvgIpc) is 2.67. The van der Waals surface area contributed by atoms with Gasteiger partial charge in [0.1, 0.15) is 5.82 Å². The first-order valence-corrected chi connectivity index (χ1v) is 6.63. The van der Waals surface area contributed by atoms with Crippen molar-refractivity contribution in [2.45, 2.75) is 40.2 Å². The average molecular weight is 260 g/mol. The Bertz CT molecular complexity index is 599. The molecule has 4 heteroatoms. The van der Waals surface area contributed by atoms with E-state index in [4.69, 9.17) is 0 Å². The van der Waals surface area contributed by atoms with Crippen molar-refractivity contribution in [1.82, 2.24) is 9.55 Å². The van der Waals surface area contributed by atoms with Gasteiger partial charge in [0.25, 0.3) is 0 Å². The quantitative estimate of drug-likeness (QED) is 0.898. The van der Waals surface area contributed by atoms with E-state index in [0.29, 0.717) is 6.42 Å². The van der Waals surface area contributed by atoms with Gasteiger partial charge in [-0.15, -0.1) is 0 Å². The Labute approximate surface area is 113 Å². The molecule has 2 rings (SSSR count). The fourth-order valence-electron chi connectivity index (χ4n) is 2.20. The second kappa shape index (κ2) is 5.03. The minimum atomic E-state index is -0.799. The highest BCUT2D eigenvalue weighted by atomic mass is 16.4. The van der Waals surface area contributed by atoms with Crippen LogP contribution in [0.15, 0.2) is 24.3 Å². The van der Waals surface area contributed by atoms with Gasteiger partial charge in [-0.3, -0.25) is 4.79 Å². The highest BCUT2D eigenvalue weighted by Crippen LogP contribution is 2.25. The summed E-state index contributed by atoms with van der Waals surface area (Å²) in [5, 5.41) is 9.26. The molecular weight excluding hydrogens is 240 g/mol. The maximum absolute atomic E-state index is 11.3. The van der Waals surface area contributed by atoms with E-state index < -0.39 is 11.4 Å². The van der Waals surface area contributed by atoms with Gasteiger partial charge in [-0.2, -0.15) is 0 Å². The summed E-state index contributed by atoms with van der Waals surface area (Å²) < 4.78 is 2.14. The third kappa shape index (κ3) is 2.62. The number of aliphatic carboxylic acids is 1. The number of aromatic nitrogens is 2. The van der Waals surface area contributed by atoms with Gasteiger partial charge in [-0.1, -0.05) is 19.1 Å². The molecule has 0 aliphatic rings. The molecule has 0 spiro atoms. The number of carboxylic acid groups (broad SMARTS) is 1. The zero-order valence-corrected chi connectivity index (χ0v) is 11.7. The van der Waals surface area contributed by atoms with Crippen LogP contribution in [0.4, 0.5) is 0 Å². The largest absolute Gasteiger partial charge is 0.481 e. The molecule has 0 atom stereocenters. The maximum atomic E-state index is 11.3. The summed E-state index contributed by atoms with van der Waals surface area (Å²) in [5.74, 6) is 0.0676. The number of benzene rings is 1. The minimum absolute atomic E-state index is 0.441. The standard InChI is InChI=1S/C15H20N2O2/c1-4-9-17-12-8-6-5-7-11(12)16-13(17)10-15(2,3)14(18)19/h5-8H,4,9-10H2,1-3H3,(H,18,19). The first kappa shape index (κ1) is 13.6. The Morgan fingerprint density at radius 1 is 1.37 bits per heavy atom. The summed E-state index contributed by atoms with van der Waals surface area (Å²) in [6.45, 7) is 6.46. The van der Waals surface area contributed by atoms with Crippen molar-refractivity contribution in [2.24, 2.45) is 5.41 Å². The van der Waals surface area contributed by atoms with Gasteiger partial charge < -0.3 is 9.67 Å². The van der Waals surface area contributed by atoms with Crippen LogP contribution in [0.1, 0.15) is 33.0 Å². The van der Waals surface area contributed by atoms with Gasteiger partial charge in [0.2, 0.25) is 0 Å². The predicted molar refractivity (Wildman–Crippen MR) is 75.1 cm³/mol. The summed E-state index contributed by atoms with van der Waals surface area (Å²) in [7, 11) is 0. The summed E-state index contributed by atoms with van der Waals surface area (Å²) in [6.07, 6.45) is 1.44. The lowest BCUT2D eigenvalue weighted by atomic mass is 9.89. The summed E-state index contributed by atoms with van der Waals surface area (Å²) in [4.78, 5) is 15.9. The number of carboxylic acids is 1. The topological polar surface area (TPSA) is 55.1 Å². The molecular formula is C15H20N2O2. The molecule has 0 fully saturated rings. The molecule has 19 heavy (non-hydrogen) atoms. The minimum Gasteiger partial charge on any atom is -0.481 e. The van der Waals surface area contributed by atoms with Crippen LogP contribution in [-0.2, 0) is 17.8 Å². The van der Waals surface area contributed by atoms with Crippen molar-refractivity contribution >= 4 is 17.0 Å². The molecule has 0 unspecified atom stereocenters. The zero-order chi connectivity index (χ0) is 14.0. The van der Waals surface area contributed by atoms with Crippen molar-refractivity contribution < 1.29 is 9.90 Å². The first-order valence-electron chi connectivity index (χ1n) is 6.63. The molecule has 1 N–H and O–H groups in total. The van der Waals surface area contributed by atoms with E-state index in [1.807, 2.05) is 24.3 Å². The lowest BCUT2D eigenvalue weighted by Crippen LogP contribution is -2.27. The molecule has 1 aromatic carbocycles. The molecule has 1 aromatic heterocycles. The Morgan fingerprint density at radius 3 is 2.68 bits per heavy atom. The Morgan fingerprint density at radius 2 is 2.05 bits per heavy atom. The van der Waals surface area contributed by atoms with Crippen LogP contribution in [0.3, 0.4) is 0 Å². The van der Waals surface area contributed by atoms with Gasteiger partial charge >= 0.3 is 5.97 Å². The number of nitrogens with zero attached hydrogens (tertiary/aromatic N) is 2. The number of hydrogen-bond donors (Lipinski definition) is 1. The monoisotopic (exact) mass is 260 g/mol. The molecule has 0 amide bonds. The van der Waals surface area contributed by atoms with Gasteiger partial charge in [0, 0.05) is 13.0 Å². The van der Waals surface area contributed by atoms with Gasteiger partial charge in [-0.25, -0.2) is 4.98 Å². The van der Waals surface area contributed by atoms with Crippen molar-refractivity contribution in [3.63, 3.8) is 0 Å². The van der Waals surface area contributed by atoms with E-state index in [1.54, 1.807) is 13.8 Å². The van der Waals surface area contributed by atoms with Crippen molar-refractivity contribution in [3.05, 3.63) is 30.1 Å². The Kier molecular flexibility index (Phi) is 3.60. The van der Waals surface area contributed by atoms with Crippen LogP contribution in [-0.4, -0.2) is 20.6 Å². The Balaban J connectivity index is 2.47. The van der Waals surface area contributed by atoms with E-state index in [9.17, 15) is 9.90 Å². The SMILES string of the molecule is CCCn1c(CC(C)(C)C(=O)O)nc2ccccc21. The second-order valence-corrected chi connectivity index (χ2v) is 5.53. The van der Waals surface area contributed by atoms with Gasteiger partial charge in [0.05, 0.1) is 16.4 Å².